The number of nitrogens with two attached hydrogens (primary N) is 1. The van der Waals surface area contributed by atoms with E-state index in [9.17, 15) is 4.79 Å². The quantitative estimate of drug-likeness (QED) is 0.793. The molecular weight excluding hydrogens is 238 g/mol. The van der Waals surface area contributed by atoms with Gasteiger partial charge in [-0.15, -0.1) is 0 Å². The number of nitrogens with one attached hydrogen (secondary N) is 1. The van der Waals surface area contributed by atoms with Gasteiger partial charge >= 0.3 is 0 Å². The number of aryl methyl sites for hydroxylation is 1. The van der Waals surface area contributed by atoms with Gasteiger partial charge in [0.1, 0.15) is 0 Å². The van der Waals surface area contributed by atoms with Gasteiger partial charge in [0.2, 0.25) is 5.91 Å². The van der Waals surface area contributed by atoms with E-state index in [4.69, 9.17) is 5.73 Å². The minimum Gasteiger partial charge on any atom is -0.399 e. The van der Waals surface area contributed by atoms with Crippen LogP contribution < -0.4 is 11.1 Å². The lowest BCUT2D eigenvalue weighted by atomic mass is 10.1. The van der Waals surface area contributed by atoms with E-state index in [0.717, 1.165) is 25.1 Å². The molecule has 1 aliphatic rings. The first-order chi connectivity index (χ1) is 9.15. The lowest BCUT2D eigenvalue weighted by Crippen LogP contribution is -2.38. The van der Waals surface area contributed by atoms with Crippen molar-refractivity contribution in [1.82, 2.24) is 10.2 Å². The van der Waals surface area contributed by atoms with E-state index >= 15 is 0 Å². The molecule has 3 N–H and O–H groups in total. The Hall–Kier alpha value is -1.55. The molecule has 0 saturated heterocycles. The van der Waals surface area contributed by atoms with Crippen LogP contribution >= 0.6 is 0 Å². The Kier molecular flexibility index (Phi) is 4.43. The fraction of sp³-hybridized carbons (Fsp3) is 0.533. The number of anilines is 1. The Morgan fingerprint density at radius 1 is 1.47 bits per heavy atom. The van der Waals surface area contributed by atoms with Gasteiger partial charge in [-0.25, -0.2) is 0 Å². The maximum Gasteiger partial charge on any atom is 0.234 e. The van der Waals surface area contributed by atoms with Gasteiger partial charge in [-0.1, -0.05) is 13.0 Å². The number of likely N-dealkylation sites (N-methyl/N-ethyl adjacent to an activating group) is 2. The highest BCUT2D eigenvalue weighted by atomic mass is 16.2. The van der Waals surface area contributed by atoms with Gasteiger partial charge in [-0.05, 0) is 49.6 Å². The first kappa shape index (κ1) is 13.9. The second-order valence-electron chi connectivity index (χ2n) is 5.03. The van der Waals surface area contributed by atoms with Crippen LogP contribution in [0.2, 0.25) is 0 Å². The summed E-state index contributed by atoms with van der Waals surface area (Å²) in [5.41, 5.74) is 9.32. The Bertz CT molecular complexity index is 459. The number of nitrogens with zero attached hydrogens (tertiary/aromatic N) is 1. The molecule has 19 heavy (non-hydrogen) atoms. The van der Waals surface area contributed by atoms with Crippen molar-refractivity contribution >= 4 is 11.6 Å². The summed E-state index contributed by atoms with van der Waals surface area (Å²) in [7, 11) is 0. The van der Waals surface area contributed by atoms with Gasteiger partial charge in [-0.2, -0.15) is 0 Å². The molecule has 0 aliphatic heterocycles. The molecule has 2 rings (SSSR count). The van der Waals surface area contributed by atoms with Crippen LogP contribution in [0.3, 0.4) is 0 Å². The largest absolute Gasteiger partial charge is 0.399 e. The van der Waals surface area contributed by atoms with E-state index in [1.165, 1.54) is 11.1 Å². The normalized spacial score (nSPS) is 17.5. The summed E-state index contributed by atoms with van der Waals surface area (Å²) in [6.45, 7) is 6.09. The van der Waals surface area contributed by atoms with Gasteiger partial charge in [0, 0.05) is 18.3 Å². The number of carbonyl (C=O) groups is 1. The zero-order valence-electron chi connectivity index (χ0n) is 11.8. The average molecular weight is 261 g/mol. The number of benzene rings is 1. The first-order valence-electron chi connectivity index (χ1n) is 7.04. The maximum absolute atomic E-state index is 11.8. The summed E-state index contributed by atoms with van der Waals surface area (Å²) in [6, 6.07) is 6.48. The van der Waals surface area contributed by atoms with Crippen molar-refractivity contribution in [3.05, 3.63) is 29.3 Å². The Morgan fingerprint density at radius 3 is 2.95 bits per heavy atom. The molecule has 0 heterocycles. The summed E-state index contributed by atoms with van der Waals surface area (Å²) in [6.07, 6.45) is 2.13. The second kappa shape index (κ2) is 6.06. The smallest absolute Gasteiger partial charge is 0.234 e. The number of amides is 1. The summed E-state index contributed by atoms with van der Waals surface area (Å²) in [5, 5.41) is 2.87. The van der Waals surface area contributed by atoms with Crippen LogP contribution in [0.1, 0.15) is 37.4 Å². The fourth-order valence-corrected chi connectivity index (χ4v) is 2.87. The molecule has 1 aromatic carbocycles. The Balaban J connectivity index is 2.12. The SMILES string of the molecule is CCNC(=O)CN(CC)C1CCc2cc(N)ccc21. The van der Waals surface area contributed by atoms with Gasteiger partial charge in [-0.3, -0.25) is 9.69 Å². The monoisotopic (exact) mass is 261 g/mol. The lowest BCUT2D eigenvalue weighted by molar-refractivity contribution is -0.122. The van der Waals surface area contributed by atoms with Crippen molar-refractivity contribution in [1.29, 1.82) is 0 Å². The standard InChI is InChI=1S/C15H23N3O/c1-3-17-15(19)10-18(4-2)14-8-5-11-9-12(16)6-7-13(11)14/h6-7,9,14H,3-5,8,10,16H2,1-2H3,(H,17,19). The predicted molar refractivity (Wildman–Crippen MR) is 77.8 cm³/mol. The van der Waals surface area contributed by atoms with Crippen molar-refractivity contribution in [3.8, 4) is 0 Å². The molecule has 1 amide bonds. The van der Waals surface area contributed by atoms with Crippen LogP contribution in [-0.4, -0.2) is 30.4 Å². The van der Waals surface area contributed by atoms with Crippen molar-refractivity contribution in [3.63, 3.8) is 0 Å². The van der Waals surface area contributed by atoms with Crippen molar-refractivity contribution in [2.45, 2.75) is 32.7 Å². The van der Waals surface area contributed by atoms with Crippen LogP contribution in [0.25, 0.3) is 0 Å². The third kappa shape index (κ3) is 3.07. The molecule has 4 heteroatoms. The molecule has 1 atom stereocenters. The van der Waals surface area contributed by atoms with E-state index in [1.54, 1.807) is 0 Å². The highest BCUT2D eigenvalue weighted by Crippen LogP contribution is 2.36. The zero-order chi connectivity index (χ0) is 13.8. The number of hydrogen-bond donors (Lipinski definition) is 2. The molecule has 0 spiro atoms. The van der Waals surface area contributed by atoms with Gasteiger partial charge < -0.3 is 11.1 Å². The van der Waals surface area contributed by atoms with E-state index < -0.39 is 0 Å². The summed E-state index contributed by atoms with van der Waals surface area (Å²) in [4.78, 5) is 14.0. The number of nitrogen functional groups attached to an aromatic ring is 1. The molecule has 0 aromatic heterocycles. The van der Waals surface area contributed by atoms with Crippen molar-refractivity contribution in [2.75, 3.05) is 25.4 Å². The third-order valence-corrected chi connectivity index (χ3v) is 3.78. The number of carbonyl (C=O) groups excluding carboxylic acids is 1. The zero-order valence-corrected chi connectivity index (χ0v) is 11.8. The van der Waals surface area contributed by atoms with Crippen LogP contribution in [0.15, 0.2) is 18.2 Å². The molecule has 0 fully saturated rings. The molecule has 104 valence electrons. The lowest BCUT2D eigenvalue weighted by Gasteiger charge is -2.27. The van der Waals surface area contributed by atoms with Crippen molar-refractivity contribution in [2.24, 2.45) is 0 Å². The van der Waals surface area contributed by atoms with Crippen molar-refractivity contribution < 1.29 is 4.79 Å². The molecule has 1 aliphatic carbocycles. The fourth-order valence-electron chi connectivity index (χ4n) is 2.87. The van der Waals surface area contributed by atoms with Crippen LogP contribution in [0, 0.1) is 0 Å². The minimum atomic E-state index is 0.105. The number of rotatable bonds is 5. The average Bonchev–Trinajstić information content (AvgIpc) is 2.79. The van der Waals surface area contributed by atoms with E-state index in [1.807, 2.05) is 13.0 Å². The molecule has 0 saturated carbocycles. The van der Waals surface area contributed by atoms with E-state index in [-0.39, 0.29) is 5.91 Å². The van der Waals surface area contributed by atoms with Gasteiger partial charge in [0.25, 0.3) is 0 Å². The predicted octanol–water partition coefficient (Wildman–Crippen LogP) is 1.71. The van der Waals surface area contributed by atoms with E-state index in [0.29, 0.717) is 19.1 Å². The van der Waals surface area contributed by atoms with Crippen LogP contribution in [-0.2, 0) is 11.2 Å². The Labute approximate surface area is 115 Å². The molecule has 4 nitrogen and oxygen atoms in total. The van der Waals surface area contributed by atoms with Gasteiger partial charge in [0.05, 0.1) is 6.54 Å². The number of fused-ring (bicyclic) bond motifs is 1. The third-order valence-electron chi connectivity index (χ3n) is 3.78. The second-order valence-corrected chi connectivity index (χ2v) is 5.03. The van der Waals surface area contributed by atoms with Crippen LogP contribution in [0.5, 0.6) is 0 Å². The topological polar surface area (TPSA) is 58.4 Å². The first-order valence-corrected chi connectivity index (χ1v) is 7.04. The Morgan fingerprint density at radius 2 is 2.26 bits per heavy atom. The molecule has 0 bridgehead atoms. The maximum atomic E-state index is 11.8. The molecule has 0 radical (unpaired) electrons. The van der Waals surface area contributed by atoms with Crippen LogP contribution in [0.4, 0.5) is 5.69 Å². The highest BCUT2D eigenvalue weighted by Gasteiger charge is 2.28. The number of hydrogen-bond acceptors (Lipinski definition) is 3. The summed E-state index contributed by atoms with van der Waals surface area (Å²) >= 11 is 0. The summed E-state index contributed by atoms with van der Waals surface area (Å²) < 4.78 is 0. The van der Waals surface area contributed by atoms with E-state index in [2.05, 4.69) is 29.3 Å². The molecular formula is C15H23N3O. The molecule has 1 unspecified atom stereocenters. The minimum absolute atomic E-state index is 0.105. The summed E-state index contributed by atoms with van der Waals surface area (Å²) in [5.74, 6) is 0.105. The molecule has 1 aromatic rings. The highest BCUT2D eigenvalue weighted by molar-refractivity contribution is 5.78. The van der Waals surface area contributed by atoms with Gasteiger partial charge in [0.15, 0.2) is 0 Å².